The summed E-state index contributed by atoms with van der Waals surface area (Å²) in [6.45, 7) is 3.70. The summed E-state index contributed by atoms with van der Waals surface area (Å²) in [5.74, 6) is 0.729. The van der Waals surface area contributed by atoms with Gasteiger partial charge in [0.25, 0.3) is 5.56 Å². The second-order valence-corrected chi connectivity index (χ2v) is 4.22. The SMILES string of the molecule is CC(=O)CCn1c(C)ncc(I)c1=O. The molecule has 0 bridgehead atoms. The monoisotopic (exact) mass is 306 g/mol. The minimum Gasteiger partial charge on any atom is -0.300 e. The van der Waals surface area contributed by atoms with Gasteiger partial charge in [0.1, 0.15) is 11.6 Å². The van der Waals surface area contributed by atoms with Crippen LogP contribution in [-0.4, -0.2) is 15.3 Å². The Kier molecular flexibility index (Phi) is 3.79. The zero-order valence-corrected chi connectivity index (χ0v) is 10.2. The van der Waals surface area contributed by atoms with Crippen molar-refractivity contribution in [3.63, 3.8) is 0 Å². The summed E-state index contributed by atoms with van der Waals surface area (Å²) in [5, 5.41) is 0. The molecule has 0 aliphatic rings. The van der Waals surface area contributed by atoms with E-state index in [-0.39, 0.29) is 11.3 Å². The highest BCUT2D eigenvalue weighted by Crippen LogP contribution is 1.98. The Morgan fingerprint density at radius 3 is 2.86 bits per heavy atom. The van der Waals surface area contributed by atoms with Crippen LogP contribution >= 0.6 is 22.6 Å². The molecule has 0 atom stereocenters. The molecular weight excluding hydrogens is 295 g/mol. The van der Waals surface area contributed by atoms with Crippen molar-refractivity contribution in [2.45, 2.75) is 26.8 Å². The fourth-order valence-electron chi connectivity index (χ4n) is 1.08. The normalized spacial score (nSPS) is 10.2. The van der Waals surface area contributed by atoms with Crippen LogP contribution in [0.5, 0.6) is 0 Å². The van der Waals surface area contributed by atoms with Gasteiger partial charge in [-0.1, -0.05) is 0 Å². The van der Waals surface area contributed by atoms with Gasteiger partial charge in [0.2, 0.25) is 0 Å². The Morgan fingerprint density at radius 2 is 2.29 bits per heavy atom. The minimum absolute atomic E-state index is 0.0700. The predicted molar refractivity (Wildman–Crippen MR) is 61.2 cm³/mol. The first-order valence-corrected chi connectivity index (χ1v) is 5.31. The maximum atomic E-state index is 11.6. The molecule has 0 amide bonds. The highest BCUT2D eigenvalue weighted by Gasteiger charge is 2.05. The van der Waals surface area contributed by atoms with Crippen molar-refractivity contribution in [2.24, 2.45) is 0 Å². The second-order valence-electron chi connectivity index (χ2n) is 3.06. The topological polar surface area (TPSA) is 52.0 Å². The average Bonchev–Trinajstić information content (AvgIpc) is 2.11. The fourth-order valence-corrected chi connectivity index (χ4v) is 1.51. The van der Waals surface area contributed by atoms with Crippen LogP contribution in [-0.2, 0) is 11.3 Å². The molecule has 1 rings (SSSR count). The molecular formula is C9H11IN2O2. The maximum Gasteiger partial charge on any atom is 0.266 e. The number of Topliss-reactive ketones (excluding diaryl/α,β-unsaturated/α-hetero) is 1. The molecule has 1 aromatic heterocycles. The zero-order chi connectivity index (χ0) is 10.7. The van der Waals surface area contributed by atoms with Crippen molar-refractivity contribution in [1.29, 1.82) is 0 Å². The molecule has 0 aromatic carbocycles. The summed E-state index contributed by atoms with van der Waals surface area (Å²) in [5.41, 5.74) is -0.0700. The van der Waals surface area contributed by atoms with E-state index < -0.39 is 0 Å². The Morgan fingerprint density at radius 1 is 1.64 bits per heavy atom. The molecule has 0 aliphatic heterocycles. The van der Waals surface area contributed by atoms with Gasteiger partial charge in [-0.15, -0.1) is 0 Å². The number of hydrogen-bond donors (Lipinski definition) is 0. The number of halogens is 1. The summed E-state index contributed by atoms with van der Waals surface area (Å²) in [6, 6.07) is 0. The number of carbonyl (C=O) groups excluding carboxylic acids is 1. The van der Waals surface area contributed by atoms with E-state index in [2.05, 4.69) is 4.98 Å². The minimum atomic E-state index is -0.0700. The first-order chi connectivity index (χ1) is 6.52. The van der Waals surface area contributed by atoms with Crippen molar-refractivity contribution in [3.8, 4) is 0 Å². The molecule has 0 saturated heterocycles. The first kappa shape index (κ1) is 11.4. The third-order valence-electron chi connectivity index (χ3n) is 1.89. The van der Waals surface area contributed by atoms with Gasteiger partial charge in [0, 0.05) is 19.2 Å². The van der Waals surface area contributed by atoms with Gasteiger partial charge in [0.05, 0.1) is 3.57 Å². The van der Waals surface area contributed by atoms with Gasteiger partial charge in [-0.2, -0.15) is 0 Å². The number of carbonyl (C=O) groups is 1. The smallest absolute Gasteiger partial charge is 0.266 e. The number of aromatic nitrogens is 2. The predicted octanol–water partition coefficient (Wildman–Crippen LogP) is 1.14. The van der Waals surface area contributed by atoms with E-state index in [4.69, 9.17) is 0 Å². The number of aryl methyl sites for hydroxylation is 1. The fraction of sp³-hybridized carbons (Fsp3) is 0.444. The van der Waals surface area contributed by atoms with E-state index in [9.17, 15) is 9.59 Å². The molecule has 0 fully saturated rings. The van der Waals surface area contributed by atoms with E-state index in [0.29, 0.717) is 22.4 Å². The first-order valence-electron chi connectivity index (χ1n) is 4.23. The lowest BCUT2D eigenvalue weighted by molar-refractivity contribution is -0.117. The van der Waals surface area contributed by atoms with Gasteiger partial charge in [-0.05, 0) is 36.4 Å². The second kappa shape index (κ2) is 4.68. The van der Waals surface area contributed by atoms with E-state index in [1.807, 2.05) is 22.6 Å². The lowest BCUT2D eigenvalue weighted by atomic mass is 10.3. The molecule has 0 aliphatic carbocycles. The number of nitrogens with zero attached hydrogens (tertiary/aromatic N) is 2. The van der Waals surface area contributed by atoms with Gasteiger partial charge < -0.3 is 0 Å². The summed E-state index contributed by atoms with van der Waals surface area (Å²) in [7, 11) is 0. The van der Waals surface area contributed by atoms with Crippen LogP contribution in [0.3, 0.4) is 0 Å². The van der Waals surface area contributed by atoms with E-state index in [1.165, 1.54) is 11.5 Å². The molecule has 4 nitrogen and oxygen atoms in total. The largest absolute Gasteiger partial charge is 0.300 e. The lowest BCUT2D eigenvalue weighted by Crippen LogP contribution is -2.26. The molecule has 0 saturated carbocycles. The molecule has 1 heterocycles. The number of hydrogen-bond acceptors (Lipinski definition) is 3. The molecule has 0 spiro atoms. The zero-order valence-electron chi connectivity index (χ0n) is 8.08. The molecule has 0 N–H and O–H groups in total. The quantitative estimate of drug-likeness (QED) is 0.787. The maximum absolute atomic E-state index is 11.6. The van der Waals surface area contributed by atoms with E-state index >= 15 is 0 Å². The lowest BCUT2D eigenvalue weighted by Gasteiger charge is -2.07. The van der Waals surface area contributed by atoms with Crippen LogP contribution < -0.4 is 5.56 Å². The van der Waals surface area contributed by atoms with Gasteiger partial charge in [-0.25, -0.2) is 4.98 Å². The Bertz CT molecular complexity index is 412. The molecule has 0 radical (unpaired) electrons. The molecule has 76 valence electrons. The Hall–Kier alpha value is -0.720. The van der Waals surface area contributed by atoms with Gasteiger partial charge >= 0.3 is 0 Å². The Labute approximate surface area is 95.5 Å². The molecule has 1 aromatic rings. The van der Waals surface area contributed by atoms with Crippen LogP contribution in [0.4, 0.5) is 0 Å². The van der Waals surface area contributed by atoms with Crippen molar-refractivity contribution in [1.82, 2.24) is 9.55 Å². The van der Waals surface area contributed by atoms with E-state index in [0.717, 1.165) is 0 Å². The Balaban J connectivity index is 3.01. The van der Waals surface area contributed by atoms with Gasteiger partial charge in [0.15, 0.2) is 0 Å². The molecule has 14 heavy (non-hydrogen) atoms. The van der Waals surface area contributed by atoms with Crippen molar-refractivity contribution in [2.75, 3.05) is 0 Å². The molecule has 5 heteroatoms. The summed E-state index contributed by atoms with van der Waals surface area (Å²) in [4.78, 5) is 26.5. The average molecular weight is 306 g/mol. The van der Waals surface area contributed by atoms with Crippen molar-refractivity contribution < 1.29 is 4.79 Å². The summed E-state index contributed by atoms with van der Waals surface area (Å²) < 4.78 is 2.11. The third kappa shape index (κ3) is 2.63. The van der Waals surface area contributed by atoms with Gasteiger partial charge in [-0.3, -0.25) is 14.2 Å². The number of rotatable bonds is 3. The highest BCUT2D eigenvalue weighted by atomic mass is 127. The van der Waals surface area contributed by atoms with E-state index in [1.54, 1.807) is 13.1 Å². The summed E-state index contributed by atoms with van der Waals surface area (Å²) in [6.07, 6.45) is 1.92. The van der Waals surface area contributed by atoms with Crippen LogP contribution in [0.25, 0.3) is 0 Å². The van der Waals surface area contributed by atoms with Crippen LogP contribution in [0, 0.1) is 10.5 Å². The highest BCUT2D eigenvalue weighted by molar-refractivity contribution is 14.1. The van der Waals surface area contributed by atoms with Crippen molar-refractivity contribution in [3.05, 3.63) is 25.9 Å². The molecule has 0 unspecified atom stereocenters. The van der Waals surface area contributed by atoms with Crippen molar-refractivity contribution >= 4 is 28.4 Å². The third-order valence-corrected chi connectivity index (χ3v) is 2.63. The number of ketones is 1. The summed E-state index contributed by atoms with van der Waals surface area (Å²) >= 11 is 1.94. The standard InChI is InChI=1S/C9H11IN2O2/c1-6(13)3-4-12-7(2)11-5-8(10)9(12)14/h5H,3-4H2,1-2H3. The van der Waals surface area contributed by atoms with Crippen LogP contribution in [0.15, 0.2) is 11.0 Å². The van der Waals surface area contributed by atoms with Crippen LogP contribution in [0.2, 0.25) is 0 Å². The van der Waals surface area contributed by atoms with Crippen LogP contribution in [0.1, 0.15) is 19.2 Å².